The molecule has 0 saturated carbocycles. The zero-order valence-corrected chi connectivity index (χ0v) is 17.7. The molecule has 0 bridgehead atoms. The summed E-state index contributed by atoms with van der Waals surface area (Å²) in [5, 5.41) is 0.517. The van der Waals surface area contributed by atoms with Crippen LogP contribution in [0.5, 0.6) is 0 Å². The highest BCUT2D eigenvalue weighted by molar-refractivity contribution is 7.16. The second-order valence-corrected chi connectivity index (χ2v) is 8.01. The van der Waals surface area contributed by atoms with E-state index >= 15 is 0 Å². The number of H-pyrrole nitrogens is 1. The van der Waals surface area contributed by atoms with Crippen molar-refractivity contribution in [2.45, 2.75) is 13.5 Å². The number of carbonyl (C=O) groups is 1. The largest absolute Gasteiger partial charge is 0.332 e. The number of nitrogens with one attached hydrogen (secondary N) is 1. The minimum atomic E-state index is -0.273. The van der Waals surface area contributed by atoms with E-state index in [-0.39, 0.29) is 23.8 Å². The molecule has 4 rings (SSSR count). The van der Waals surface area contributed by atoms with Gasteiger partial charge in [-0.3, -0.25) is 9.59 Å². The number of nitrogens with zero attached hydrogens (tertiary/aromatic N) is 2. The molecule has 0 spiro atoms. The number of halogens is 1. The fourth-order valence-corrected chi connectivity index (χ4v) is 4.18. The van der Waals surface area contributed by atoms with Crippen molar-refractivity contribution in [2.75, 3.05) is 6.54 Å². The summed E-state index contributed by atoms with van der Waals surface area (Å²) >= 11 is 1.41. The topological polar surface area (TPSA) is 66.1 Å². The van der Waals surface area contributed by atoms with Crippen molar-refractivity contribution in [3.05, 3.63) is 93.6 Å². The van der Waals surface area contributed by atoms with Gasteiger partial charge >= 0.3 is 0 Å². The quantitative estimate of drug-likeness (QED) is 0.442. The fraction of sp³-hybridized carbons (Fsp3) is 0.125. The van der Waals surface area contributed by atoms with Crippen LogP contribution in [-0.2, 0) is 11.3 Å². The molecule has 0 saturated heterocycles. The van der Waals surface area contributed by atoms with Gasteiger partial charge in [-0.15, -0.1) is 11.3 Å². The molecule has 2 aromatic carbocycles. The second kappa shape index (κ2) is 9.06. The first-order valence-electron chi connectivity index (χ1n) is 9.85. The molecule has 0 radical (unpaired) electrons. The van der Waals surface area contributed by atoms with E-state index in [4.69, 9.17) is 0 Å². The Labute approximate surface area is 182 Å². The third-order valence-electron chi connectivity index (χ3n) is 4.85. The lowest BCUT2D eigenvalue weighted by molar-refractivity contribution is -0.126. The molecule has 0 aliphatic heterocycles. The third kappa shape index (κ3) is 4.62. The molecule has 0 atom stereocenters. The SMILES string of the molecule is CCN(Cc1nc2ccccc2c(=O)[nH]1)C(=O)/C=C/c1ccc(-c2ccccc2F)s1. The monoisotopic (exact) mass is 433 g/mol. The summed E-state index contributed by atoms with van der Waals surface area (Å²) < 4.78 is 14.0. The van der Waals surface area contributed by atoms with Gasteiger partial charge in [0.1, 0.15) is 11.6 Å². The van der Waals surface area contributed by atoms with Crippen LogP contribution in [0.25, 0.3) is 27.4 Å². The molecule has 2 heterocycles. The van der Waals surface area contributed by atoms with Crippen LogP contribution < -0.4 is 5.56 Å². The highest BCUT2D eigenvalue weighted by Gasteiger charge is 2.13. The van der Waals surface area contributed by atoms with Crippen molar-refractivity contribution >= 4 is 34.2 Å². The molecule has 0 fully saturated rings. The van der Waals surface area contributed by atoms with Gasteiger partial charge in [-0.05, 0) is 43.3 Å². The number of aromatic nitrogens is 2. The number of thiophene rings is 1. The Morgan fingerprint density at radius 3 is 2.71 bits per heavy atom. The maximum Gasteiger partial charge on any atom is 0.258 e. The van der Waals surface area contributed by atoms with Crippen LogP contribution in [0.4, 0.5) is 4.39 Å². The zero-order chi connectivity index (χ0) is 21.8. The lowest BCUT2D eigenvalue weighted by Crippen LogP contribution is -2.30. The van der Waals surface area contributed by atoms with Crippen molar-refractivity contribution in [3.8, 4) is 10.4 Å². The van der Waals surface area contributed by atoms with Crippen molar-refractivity contribution in [2.24, 2.45) is 0 Å². The Bertz CT molecular complexity index is 1330. The summed E-state index contributed by atoms with van der Waals surface area (Å²) in [5.41, 5.74) is 0.915. The van der Waals surface area contributed by atoms with Gasteiger partial charge in [0.05, 0.1) is 17.4 Å². The maximum absolute atomic E-state index is 14.0. The highest BCUT2D eigenvalue weighted by atomic mass is 32.1. The zero-order valence-electron chi connectivity index (χ0n) is 16.8. The van der Waals surface area contributed by atoms with Crippen molar-refractivity contribution < 1.29 is 9.18 Å². The summed E-state index contributed by atoms with van der Waals surface area (Å²) in [6.45, 7) is 2.53. The van der Waals surface area contributed by atoms with E-state index in [0.717, 1.165) is 9.75 Å². The molecule has 1 amide bonds. The Kier molecular flexibility index (Phi) is 6.04. The summed E-state index contributed by atoms with van der Waals surface area (Å²) in [4.78, 5) is 35.4. The minimum Gasteiger partial charge on any atom is -0.332 e. The average Bonchev–Trinajstić information content (AvgIpc) is 3.25. The number of fused-ring (bicyclic) bond motifs is 1. The molecule has 2 aromatic heterocycles. The molecule has 1 N–H and O–H groups in total. The Morgan fingerprint density at radius 1 is 1.13 bits per heavy atom. The Morgan fingerprint density at radius 2 is 1.90 bits per heavy atom. The fourth-order valence-electron chi connectivity index (χ4n) is 3.24. The predicted molar refractivity (Wildman–Crippen MR) is 122 cm³/mol. The number of aromatic amines is 1. The smallest absolute Gasteiger partial charge is 0.258 e. The van der Waals surface area contributed by atoms with E-state index in [1.165, 1.54) is 23.5 Å². The van der Waals surface area contributed by atoms with E-state index in [1.807, 2.05) is 25.1 Å². The van der Waals surface area contributed by atoms with Gasteiger partial charge in [0.25, 0.3) is 5.56 Å². The van der Waals surface area contributed by atoms with Gasteiger partial charge in [0, 0.05) is 27.9 Å². The van der Waals surface area contributed by atoms with Crippen molar-refractivity contribution in [1.82, 2.24) is 14.9 Å². The van der Waals surface area contributed by atoms with E-state index in [1.54, 1.807) is 47.4 Å². The van der Waals surface area contributed by atoms with Gasteiger partial charge in [-0.1, -0.05) is 30.3 Å². The van der Waals surface area contributed by atoms with E-state index in [0.29, 0.717) is 28.8 Å². The first-order valence-corrected chi connectivity index (χ1v) is 10.7. The summed E-state index contributed by atoms with van der Waals surface area (Å²) in [6, 6.07) is 17.4. The number of hydrogen-bond donors (Lipinski definition) is 1. The number of likely N-dealkylation sites (N-methyl/N-ethyl adjacent to an activating group) is 1. The van der Waals surface area contributed by atoms with Crippen LogP contribution in [0.2, 0.25) is 0 Å². The van der Waals surface area contributed by atoms with Gasteiger partial charge in [-0.2, -0.15) is 0 Å². The molecule has 4 aromatic rings. The van der Waals surface area contributed by atoms with Gasteiger partial charge in [-0.25, -0.2) is 9.37 Å². The molecule has 0 aliphatic rings. The molecule has 5 nitrogen and oxygen atoms in total. The predicted octanol–water partition coefficient (Wildman–Crippen LogP) is 4.85. The van der Waals surface area contributed by atoms with E-state index < -0.39 is 0 Å². The Balaban J connectivity index is 1.49. The first-order chi connectivity index (χ1) is 15.0. The van der Waals surface area contributed by atoms with Gasteiger partial charge in [0.15, 0.2) is 0 Å². The summed E-state index contributed by atoms with van der Waals surface area (Å²) in [5.74, 6) is -0.0330. The van der Waals surface area contributed by atoms with Gasteiger partial charge in [0.2, 0.25) is 5.91 Å². The molecular formula is C24H20FN3O2S. The summed E-state index contributed by atoms with van der Waals surface area (Å²) in [7, 11) is 0. The molecular weight excluding hydrogens is 413 g/mol. The summed E-state index contributed by atoms with van der Waals surface area (Å²) in [6.07, 6.45) is 3.20. The number of para-hydroxylation sites is 1. The molecule has 31 heavy (non-hydrogen) atoms. The van der Waals surface area contributed by atoms with Crippen LogP contribution in [0.1, 0.15) is 17.6 Å². The van der Waals surface area contributed by atoms with Crippen LogP contribution in [0.3, 0.4) is 0 Å². The van der Waals surface area contributed by atoms with Crippen molar-refractivity contribution in [3.63, 3.8) is 0 Å². The standard InChI is InChI=1S/C24H20FN3O2S/c1-2-28(15-22-26-20-10-6-4-8-18(20)24(30)27-22)23(29)14-12-16-11-13-21(31-16)17-7-3-5-9-19(17)25/h3-14H,2,15H2,1H3,(H,26,27,30)/b14-12+. The lowest BCUT2D eigenvalue weighted by Gasteiger charge is -2.18. The normalized spacial score (nSPS) is 11.3. The average molecular weight is 434 g/mol. The first kappa shape index (κ1) is 20.7. The van der Waals surface area contributed by atoms with Gasteiger partial charge < -0.3 is 9.88 Å². The third-order valence-corrected chi connectivity index (χ3v) is 5.94. The second-order valence-electron chi connectivity index (χ2n) is 6.90. The number of hydrogen-bond acceptors (Lipinski definition) is 4. The lowest BCUT2D eigenvalue weighted by atomic mass is 10.2. The van der Waals surface area contributed by atoms with E-state index in [9.17, 15) is 14.0 Å². The van der Waals surface area contributed by atoms with Crippen molar-refractivity contribution in [1.29, 1.82) is 0 Å². The maximum atomic E-state index is 14.0. The Hall–Kier alpha value is -3.58. The number of carbonyl (C=O) groups excluding carboxylic acids is 1. The van der Waals surface area contributed by atoms with E-state index in [2.05, 4.69) is 9.97 Å². The van der Waals surface area contributed by atoms with Crippen LogP contribution >= 0.6 is 11.3 Å². The number of amides is 1. The number of rotatable bonds is 6. The highest BCUT2D eigenvalue weighted by Crippen LogP contribution is 2.30. The van der Waals surface area contributed by atoms with Crippen LogP contribution in [0.15, 0.2) is 71.5 Å². The molecule has 156 valence electrons. The van der Waals surface area contributed by atoms with Crippen LogP contribution in [0, 0.1) is 5.82 Å². The van der Waals surface area contributed by atoms with Crippen LogP contribution in [-0.4, -0.2) is 27.3 Å². The molecule has 0 aliphatic carbocycles. The number of benzene rings is 2. The minimum absolute atomic E-state index is 0.195. The molecule has 7 heteroatoms. The molecule has 0 unspecified atom stereocenters.